The fourth-order valence-corrected chi connectivity index (χ4v) is 3.76. The summed E-state index contributed by atoms with van der Waals surface area (Å²) in [6.07, 6.45) is 0.0994. The van der Waals surface area contributed by atoms with E-state index < -0.39 is 5.97 Å². The number of nitrogens with one attached hydrogen (secondary N) is 1. The molecule has 0 atom stereocenters. The summed E-state index contributed by atoms with van der Waals surface area (Å²) >= 11 is 0. The summed E-state index contributed by atoms with van der Waals surface area (Å²) in [5.74, 6) is 1.38. The zero-order chi connectivity index (χ0) is 27.6. The summed E-state index contributed by atoms with van der Waals surface area (Å²) in [6.45, 7) is 2.56. The van der Waals surface area contributed by atoms with Crippen molar-refractivity contribution in [3.05, 3.63) is 113 Å². The molecule has 2 N–H and O–H groups in total. The van der Waals surface area contributed by atoms with E-state index >= 15 is 0 Å². The Labute approximate surface area is 226 Å². The number of carboxylic acids is 1. The molecule has 39 heavy (non-hydrogen) atoms. The quantitative estimate of drug-likeness (QED) is 0.211. The van der Waals surface area contributed by atoms with Crippen LogP contribution in [0.25, 0.3) is 0 Å². The summed E-state index contributed by atoms with van der Waals surface area (Å²) in [4.78, 5) is 23.8. The number of benzene rings is 4. The summed E-state index contributed by atoms with van der Waals surface area (Å²) in [6, 6.07) is 26.7. The molecule has 0 saturated heterocycles. The average molecular weight is 528 g/mol. The minimum Gasteiger partial charge on any atom is -0.489 e. The fourth-order valence-electron chi connectivity index (χ4n) is 3.76. The molecule has 4 aromatic carbocycles. The van der Waals surface area contributed by atoms with E-state index in [4.69, 9.17) is 18.9 Å². The van der Waals surface area contributed by atoms with Crippen LogP contribution in [-0.4, -0.2) is 30.9 Å². The zero-order valence-corrected chi connectivity index (χ0v) is 21.7. The summed E-state index contributed by atoms with van der Waals surface area (Å²) in [5.41, 5.74) is 3.01. The van der Waals surface area contributed by atoms with Gasteiger partial charge in [-0.15, -0.1) is 0 Å². The molecule has 4 rings (SSSR count). The van der Waals surface area contributed by atoms with E-state index in [9.17, 15) is 14.7 Å². The first kappa shape index (κ1) is 27.2. The van der Waals surface area contributed by atoms with Crippen LogP contribution in [-0.2, 0) is 22.6 Å². The second kappa shape index (κ2) is 13.1. The third-order valence-electron chi connectivity index (χ3n) is 5.77. The van der Waals surface area contributed by atoms with Gasteiger partial charge in [-0.05, 0) is 78.2 Å². The van der Waals surface area contributed by atoms with E-state index in [0.717, 1.165) is 28.2 Å². The Hall–Kier alpha value is -4.82. The SMILES string of the molecule is COCOc1ccc(COc2ccc(Oc3ccc(CC(=O)Nc4ccccc4C(=O)O)cc3)c(C)c2)cc1. The number of aromatic carboxylic acids is 1. The lowest BCUT2D eigenvalue weighted by Gasteiger charge is -2.12. The van der Waals surface area contributed by atoms with Crippen molar-refractivity contribution < 1.29 is 33.6 Å². The van der Waals surface area contributed by atoms with Crippen LogP contribution < -0.4 is 19.5 Å². The monoisotopic (exact) mass is 527 g/mol. The normalized spacial score (nSPS) is 10.5. The number of amides is 1. The molecule has 0 unspecified atom stereocenters. The lowest BCUT2D eigenvalue weighted by Crippen LogP contribution is -2.16. The first-order valence-corrected chi connectivity index (χ1v) is 12.2. The summed E-state index contributed by atoms with van der Waals surface area (Å²) < 4.78 is 22.2. The van der Waals surface area contributed by atoms with Crippen LogP contribution in [0.3, 0.4) is 0 Å². The summed E-state index contributed by atoms with van der Waals surface area (Å²) in [5, 5.41) is 11.9. The Morgan fingerprint density at radius 2 is 1.46 bits per heavy atom. The first-order valence-electron chi connectivity index (χ1n) is 12.2. The van der Waals surface area contributed by atoms with Gasteiger partial charge in [-0.2, -0.15) is 0 Å². The van der Waals surface area contributed by atoms with Crippen molar-refractivity contribution in [2.45, 2.75) is 20.0 Å². The third kappa shape index (κ3) is 7.83. The molecule has 200 valence electrons. The third-order valence-corrected chi connectivity index (χ3v) is 5.77. The number of carboxylic acid groups (broad SMARTS) is 1. The molecule has 8 nitrogen and oxygen atoms in total. The Kier molecular flexibility index (Phi) is 9.16. The molecular weight excluding hydrogens is 498 g/mol. The first-order chi connectivity index (χ1) is 18.9. The van der Waals surface area contributed by atoms with Crippen LogP contribution in [0.2, 0.25) is 0 Å². The molecule has 0 bridgehead atoms. The number of rotatable bonds is 12. The van der Waals surface area contributed by atoms with Crippen molar-refractivity contribution in [3.8, 4) is 23.0 Å². The van der Waals surface area contributed by atoms with Gasteiger partial charge in [-0.3, -0.25) is 4.79 Å². The number of methoxy groups -OCH3 is 1. The van der Waals surface area contributed by atoms with Crippen molar-refractivity contribution in [1.82, 2.24) is 0 Å². The number of hydrogen-bond acceptors (Lipinski definition) is 6. The molecule has 0 aliphatic heterocycles. The predicted molar refractivity (Wildman–Crippen MR) is 147 cm³/mol. The molecule has 4 aromatic rings. The second-order valence-electron chi connectivity index (χ2n) is 8.73. The van der Waals surface area contributed by atoms with Gasteiger partial charge < -0.3 is 29.4 Å². The molecule has 0 spiro atoms. The number of hydrogen-bond donors (Lipinski definition) is 2. The predicted octanol–water partition coefficient (Wildman–Crippen LogP) is 6.23. The van der Waals surface area contributed by atoms with E-state index in [2.05, 4.69) is 5.32 Å². The smallest absolute Gasteiger partial charge is 0.337 e. The van der Waals surface area contributed by atoms with Gasteiger partial charge >= 0.3 is 5.97 Å². The van der Waals surface area contributed by atoms with Gasteiger partial charge in [0.15, 0.2) is 6.79 Å². The molecule has 8 heteroatoms. The van der Waals surface area contributed by atoms with Crippen LogP contribution in [0.15, 0.2) is 91.0 Å². The Bertz CT molecular complexity index is 1420. The molecule has 0 fully saturated rings. The van der Waals surface area contributed by atoms with Gasteiger partial charge in [0.25, 0.3) is 0 Å². The number of carbonyl (C=O) groups excluding carboxylic acids is 1. The molecule has 0 heterocycles. The topological polar surface area (TPSA) is 103 Å². The highest BCUT2D eigenvalue weighted by Gasteiger charge is 2.12. The van der Waals surface area contributed by atoms with Crippen molar-refractivity contribution in [1.29, 1.82) is 0 Å². The molecular formula is C31H29NO7. The van der Waals surface area contributed by atoms with Crippen molar-refractivity contribution >= 4 is 17.6 Å². The largest absolute Gasteiger partial charge is 0.489 e. The molecule has 0 aliphatic rings. The second-order valence-corrected chi connectivity index (χ2v) is 8.73. The van der Waals surface area contributed by atoms with Gasteiger partial charge in [0.1, 0.15) is 29.6 Å². The zero-order valence-electron chi connectivity index (χ0n) is 21.7. The van der Waals surface area contributed by atoms with Gasteiger partial charge in [-0.25, -0.2) is 4.79 Å². The average Bonchev–Trinajstić information content (AvgIpc) is 2.94. The van der Waals surface area contributed by atoms with Crippen LogP contribution in [0.1, 0.15) is 27.0 Å². The number of aryl methyl sites for hydroxylation is 1. The van der Waals surface area contributed by atoms with E-state index in [0.29, 0.717) is 18.1 Å². The van der Waals surface area contributed by atoms with E-state index in [-0.39, 0.29) is 30.4 Å². The van der Waals surface area contributed by atoms with E-state index in [1.807, 2.05) is 49.4 Å². The number of para-hydroxylation sites is 1. The van der Waals surface area contributed by atoms with Gasteiger partial charge in [0.2, 0.25) is 5.91 Å². The lowest BCUT2D eigenvalue weighted by atomic mass is 10.1. The van der Waals surface area contributed by atoms with Crippen LogP contribution in [0.4, 0.5) is 5.69 Å². The van der Waals surface area contributed by atoms with Gasteiger partial charge in [0.05, 0.1) is 17.7 Å². The Morgan fingerprint density at radius 1 is 0.795 bits per heavy atom. The highest BCUT2D eigenvalue weighted by atomic mass is 16.7. The number of ether oxygens (including phenoxy) is 4. The van der Waals surface area contributed by atoms with Crippen molar-refractivity contribution in [2.24, 2.45) is 0 Å². The molecule has 0 saturated carbocycles. The van der Waals surface area contributed by atoms with Gasteiger partial charge in [0, 0.05) is 7.11 Å². The van der Waals surface area contributed by atoms with Crippen LogP contribution in [0, 0.1) is 6.92 Å². The number of anilines is 1. The summed E-state index contributed by atoms with van der Waals surface area (Å²) in [7, 11) is 1.58. The lowest BCUT2D eigenvalue weighted by molar-refractivity contribution is -0.115. The maximum Gasteiger partial charge on any atom is 0.337 e. The standard InChI is InChI=1S/C31H29NO7/c1-21-17-26(37-19-23-9-11-24(12-10-23)38-20-36-2)15-16-29(21)39-25-13-7-22(8-14-25)18-30(33)32-28-6-4-3-5-27(28)31(34)35/h3-17H,18-20H2,1-2H3,(H,32,33)(H,34,35). The highest BCUT2D eigenvalue weighted by molar-refractivity contribution is 6.01. The van der Waals surface area contributed by atoms with Gasteiger partial charge in [-0.1, -0.05) is 36.4 Å². The van der Waals surface area contributed by atoms with E-state index in [1.54, 1.807) is 49.6 Å². The molecule has 1 amide bonds. The van der Waals surface area contributed by atoms with Crippen LogP contribution >= 0.6 is 0 Å². The van der Waals surface area contributed by atoms with Crippen LogP contribution in [0.5, 0.6) is 23.0 Å². The maximum atomic E-state index is 12.4. The molecule has 0 aromatic heterocycles. The highest BCUT2D eigenvalue weighted by Crippen LogP contribution is 2.29. The molecule has 0 aliphatic carbocycles. The Morgan fingerprint density at radius 3 is 2.15 bits per heavy atom. The fraction of sp³-hybridized carbons (Fsp3) is 0.161. The van der Waals surface area contributed by atoms with Crippen molar-refractivity contribution in [2.75, 3.05) is 19.2 Å². The maximum absolute atomic E-state index is 12.4. The van der Waals surface area contributed by atoms with E-state index in [1.165, 1.54) is 6.07 Å². The Balaban J connectivity index is 1.29. The van der Waals surface area contributed by atoms with Crippen molar-refractivity contribution in [3.63, 3.8) is 0 Å². The minimum atomic E-state index is -1.10. The number of carbonyl (C=O) groups is 2. The molecule has 0 radical (unpaired) electrons. The minimum absolute atomic E-state index is 0.0452.